The van der Waals surface area contributed by atoms with Gasteiger partial charge in [0.05, 0.1) is 12.2 Å². The minimum absolute atomic E-state index is 0.465. The SMILES string of the molecule is CN(C)C1CCn2c(CN)nc(Cl)c2C1. The fraction of sp³-hybridized carbons (Fsp3) is 0.700. The summed E-state index contributed by atoms with van der Waals surface area (Å²) in [6, 6.07) is 0.567. The van der Waals surface area contributed by atoms with Gasteiger partial charge in [0, 0.05) is 19.0 Å². The predicted octanol–water partition coefficient (Wildman–Crippen LogP) is 0.872. The zero-order chi connectivity index (χ0) is 11.0. The van der Waals surface area contributed by atoms with Gasteiger partial charge in [-0.05, 0) is 20.5 Å². The molecule has 0 fully saturated rings. The van der Waals surface area contributed by atoms with E-state index in [1.807, 2.05) is 0 Å². The van der Waals surface area contributed by atoms with Gasteiger partial charge in [0.25, 0.3) is 0 Å². The molecule has 0 bridgehead atoms. The van der Waals surface area contributed by atoms with Crippen LogP contribution in [-0.4, -0.2) is 34.6 Å². The van der Waals surface area contributed by atoms with Gasteiger partial charge in [-0.1, -0.05) is 11.6 Å². The number of nitrogens with two attached hydrogens (primary N) is 1. The molecule has 0 amide bonds. The molecule has 0 saturated heterocycles. The standard InChI is InChI=1S/C10H17ClN4/c1-14(2)7-3-4-15-8(5-7)10(11)13-9(15)6-12/h7H,3-6,12H2,1-2H3. The number of hydrogen-bond donors (Lipinski definition) is 1. The molecule has 0 aliphatic carbocycles. The van der Waals surface area contributed by atoms with E-state index in [9.17, 15) is 0 Å². The third-order valence-electron chi connectivity index (χ3n) is 3.13. The van der Waals surface area contributed by atoms with Gasteiger partial charge in [-0.15, -0.1) is 0 Å². The van der Waals surface area contributed by atoms with Crippen LogP contribution in [0, 0.1) is 0 Å². The molecule has 1 aromatic rings. The summed E-state index contributed by atoms with van der Waals surface area (Å²) in [5.74, 6) is 0.909. The van der Waals surface area contributed by atoms with Crippen LogP contribution in [0.1, 0.15) is 17.9 Å². The van der Waals surface area contributed by atoms with E-state index in [4.69, 9.17) is 17.3 Å². The first-order valence-corrected chi connectivity index (χ1v) is 5.61. The monoisotopic (exact) mass is 228 g/mol. The third kappa shape index (κ3) is 1.89. The van der Waals surface area contributed by atoms with E-state index in [0.29, 0.717) is 17.7 Å². The fourth-order valence-corrected chi connectivity index (χ4v) is 2.44. The van der Waals surface area contributed by atoms with Crippen molar-refractivity contribution in [1.29, 1.82) is 0 Å². The van der Waals surface area contributed by atoms with Crippen LogP contribution in [0.3, 0.4) is 0 Å². The quantitative estimate of drug-likeness (QED) is 0.817. The Morgan fingerprint density at radius 3 is 2.93 bits per heavy atom. The second kappa shape index (κ2) is 4.12. The number of hydrogen-bond acceptors (Lipinski definition) is 3. The molecule has 0 saturated carbocycles. The van der Waals surface area contributed by atoms with E-state index in [1.54, 1.807) is 0 Å². The number of rotatable bonds is 2. The summed E-state index contributed by atoms with van der Waals surface area (Å²) in [4.78, 5) is 6.53. The number of halogens is 1. The number of nitrogens with zero attached hydrogens (tertiary/aromatic N) is 3. The molecule has 15 heavy (non-hydrogen) atoms. The van der Waals surface area contributed by atoms with Crippen LogP contribution in [0.2, 0.25) is 5.15 Å². The molecule has 0 aromatic carbocycles. The highest BCUT2D eigenvalue weighted by Gasteiger charge is 2.25. The Labute approximate surface area is 95.0 Å². The Morgan fingerprint density at radius 2 is 2.33 bits per heavy atom. The molecule has 1 atom stereocenters. The van der Waals surface area contributed by atoms with E-state index in [2.05, 4.69) is 28.5 Å². The molecular weight excluding hydrogens is 212 g/mol. The molecule has 5 heteroatoms. The molecule has 1 aliphatic rings. The van der Waals surface area contributed by atoms with Gasteiger partial charge >= 0.3 is 0 Å². The van der Waals surface area contributed by atoms with E-state index in [0.717, 1.165) is 30.9 Å². The molecule has 4 nitrogen and oxygen atoms in total. The summed E-state index contributed by atoms with van der Waals surface area (Å²) in [7, 11) is 4.21. The number of likely N-dealkylation sites (N-methyl/N-ethyl adjacent to an activating group) is 1. The summed E-state index contributed by atoms with van der Waals surface area (Å²) in [6.07, 6.45) is 2.11. The maximum atomic E-state index is 6.11. The molecular formula is C10H17ClN4. The maximum absolute atomic E-state index is 6.11. The average molecular weight is 229 g/mol. The Hall–Kier alpha value is -0.580. The summed E-state index contributed by atoms with van der Waals surface area (Å²) < 4.78 is 2.17. The normalized spacial score (nSPS) is 20.7. The lowest BCUT2D eigenvalue weighted by atomic mass is 10.0. The highest BCUT2D eigenvalue weighted by Crippen LogP contribution is 2.25. The summed E-state index contributed by atoms with van der Waals surface area (Å²) >= 11 is 6.11. The summed E-state index contributed by atoms with van der Waals surface area (Å²) in [5.41, 5.74) is 6.77. The number of imidazole rings is 1. The lowest BCUT2D eigenvalue weighted by molar-refractivity contribution is 0.244. The fourth-order valence-electron chi connectivity index (χ4n) is 2.16. The van der Waals surface area contributed by atoms with Crippen LogP contribution in [0.25, 0.3) is 0 Å². The Kier molecular flexibility index (Phi) is 3.00. The second-order valence-electron chi connectivity index (χ2n) is 4.23. The minimum Gasteiger partial charge on any atom is -0.329 e. The zero-order valence-corrected chi connectivity index (χ0v) is 9.96. The van der Waals surface area contributed by atoms with Gasteiger partial charge < -0.3 is 15.2 Å². The third-order valence-corrected chi connectivity index (χ3v) is 3.43. The molecule has 1 unspecified atom stereocenters. The summed E-state index contributed by atoms with van der Waals surface area (Å²) in [5, 5.41) is 0.627. The van der Waals surface area contributed by atoms with Crippen LogP contribution in [-0.2, 0) is 19.5 Å². The molecule has 2 rings (SSSR count). The summed E-state index contributed by atoms with van der Waals surface area (Å²) in [6.45, 7) is 1.44. The van der Waals surface area contributed by atoms with Gasteiger partial charge in [-0.2, -0.15) is 0 Å². The van der Waals surface area contributed by atoms with Crippen LogP contribution in [0.15, 0.2) is 0 Å². The van der Waals surface area contributed by atoms with E-state index in [-0.39, 0.29) is 0 Å². The van der Waals surface area contributed by atoms with Gasteiger partial charge in [0.15, 0.2) is 5.15 Å². The van der Waals surface area contributed by atoms with Crippen molar-refractivity contribution in [3.05, 3.63) is 16.7 Å². The van der Waals surface area contributed by atoms with Crippen molar-refractivity contribution in [2.45, 2.75) is 32.0 Å². The van der Waals surface area contributed by atoms with E-state index >= 15 is 0 Å². The number of aromatic nitrogens is 2. The van der Waals surface area contributed by atoms with E-state index < -0.39 is 0 Å². The Morgan fingerprint density at radius 1 is 1.60 bits per heavy atom. The Bertz CT molecular complexity index is 359. The predicted molar refractivity (Wildman–Crippen MR) is 60.9 cm³/mol. The molecule has 1 aliphatic heterocycles. The highest BCUT2D eigenvalue weighted by atomic mass is 35.5. The molecule has 2 heterocycles. The minimum atomic E-state index is 0.465. The zero-order valence-electron chi connectivity index (χ0n) is 9.20. The molecule has 1 aromatic heterocycles. The van der Waals surface area contributed by atoms with Gasteiger partial charge in [0.1, 0.15) is 5.82 Å². The average Bonchev–Trinajstić information content (AvgIpc) is 2.55. The van der Waals surface area contributed by atoms with E-state index in [1.165, 1.54) is 0 Å². The van der Waals surface area contributed by atoms with Crippen LogP contribution in [0.4, 0.5) is 0 Å². The molecule has 0 radical (unpaired) electrons. The van der Waals surface area contributed by atoms with Crippen molar-refractivity contribution in [3.63, 3.8) is 0 Å². The van der Waals surface area contributed by atoms with Crippen molar-refractivity contribution >= 4 is 11.6 Å². The first-order chi connectivity index (χ1) is 7.13. The first kappa shape index (κ1) is 10.9. The lowest BCUT2D eigenvalue weighted by Crippen LogP contribution is -2.35. The first-order valence-electron chi connectivity index (χ1n) is 5.23. The van der Waals surface area contributed by atoms with Crippen molar-refractivity contribution in [2.75, 3.05) is 14.1 Å². The molecule has 0 spiro atoms. The smallest absolute Gasteiger partial charge is 0.150 e. The molecule has 84 valence electrons. The highest BCUT2D eigenvalue weighted by molar-refractivity contribution is 6.30. The van der Waals surface area contributed by atoms with Crippen molar-refractivity contribution < 1.29 is 0 Å². The van der Waals surface area contributed by atoms with Crippen molar-refractivity contribution in [3.8, 4) is 0 Å². The van der Waals surface area contributed by atoms with Crippen molar-refractivity contribution in [1.82, 2.24) is 14.5 Å². The van der Waals surface area contributed by atoms with Crippen molar-refractivity contribution in [2.24, 2.45) is 5.73 Å². The molecule has 2 N–H and O–H groups in total. The van der Waals surface area contributed by atoms with Gasteiger partial charge in [0.2, 0.25) is 0 Å². The topological polar surface area (TPSA) is 47.1 Å². The Balaban J connectivity index is 2.30. The van der Waals surface area contributed by atoms with Crippen LogP contribution in [0.5, 0.6) is 0 Å². The van der Waals surface area contributed by atoms with Gasteiger partial charge in [-0.25, -0.2) is 4.98 Å². The maximum Gasteiger partial charge on any atom is 0.150 e. The lowest BCUT2D eigenvalue weighted by Gasteiger charge is -2.29. The van der Waals surface area contributed by atoms with Crippen LogP contribution >= 0.6 is 11.6 Å². The number of fused-ring (bicyclic) bond motifs is 1. The van der Waals surface area contributed by atoms with Gasteiger partial charge in [-0.3, -0.25) is 0 Å². The largest absolute Gasteiger partial charge is 0.329 e. The second-order valence-corrected chi connectivity index (χ2v) is 4.59. The van der Waals surface area contributed by atoms with Crippen LogP contribution < -0.4 is 5.73 Å².